The summed E-state index contributed by atoms with van der Waals surface area (Å²) in [4.78, 5) is 4.47. The van der Waals surface area contributed by atoms with E-state index in [1.165, 1.54) is 5.70 Å². The average molecular weight is 196 g/mol. The Morgan fingerprint density at radius 3 is 2.50 bits per heavy atom. The summed E-state index contributed by atoms with van der Waals surface area (Å²) >= 11 is 0. The maximum absolute atomic E-state index is 4.47. The van der Waals surface area contributed by atoms with Crippen molar-refractivity contribution in [3.63, 3.8) is 0 Å². The number of nitrogens with one attached hydrogen (secondary N) is 1. The zero-order chi connectivity index (χ0) is 11.0. The van der Waals surface area contributed by atoms with Gasteiger partial charge in [-0.2, -0.15) is 0 Å². The van der Waals surface area contributed by atoms with Crippen molar-refractivity contribution < 1.29 is 0 Å². The number of hydrogen-bond donors (Lipinski definition) is 1. The van der Waals surface area contributed by atoms with Crippen LogP contribution in [0.5, 0.6) is 0 Å². The molecule has 1 N–H and O–H groups in total. The second kappa shape index (κ2) is 7.60. The van der Waals surface area contributed by atoms with Gasteiger partial charge >= 0.3 is 0 Å². The van der Waals surface area contributed by atoms with Gasteiger partial charge in [0.25, 0.3) is 0 Å². The first kappa shape index (κ1) is 13.2. The van der Waals surface area contributed by atoms with Crippen LogP contribution in [0.3, 0.4) is 0 Å². The summed E-state index contributed by atoms with van der Waals surface area (Å²) in [6.07, 6.45) is 3.27. The van der Waals surface area contributed by atoms with Crippen LogP contribution in [0.15, 0.2) is 16.8 Å². The van der Waals surface area contributed by atoms with Gasteiger partial charge in [0.05, 0.1) is 0 Å². The topological polar surface area (TPSA) is 24.4 Å². The Balaban J connectivity index is 3.99. The van der Waals surface area contributed by atoms with Crippen molar-refractivity contribution in [1.29, 1.82) is 0 Å². The van der Waals surface area contributed by atoms with Gasteiger partial charge in [0, 0.05) is 24.5 Å². The SMILES string of the molecule is CCCN/C(C)=C\C(C)=N/CC(C)C. The Labute approximate surface area is 88.5 Å². The Kier molecular flexibility index (Phi) is 7.17. The predicted octanol–water partition coefficient (Wildman–Crippen LogP) is 3.01. The van der Waals surface area contributed by atoms with Gasteiger partial charge in [-0.25, -0.2) is 0 Å². The Hall–Kier alpha value is -0.790. The molecule has 0 aromatic carbocycles. The second-order valence-electron chi connectivity index (χ2n) is 4.13. The number of nitrogens with zero attached hydrogens (tertiary/aromatic N) is 1. The first-order chi connectivity index (χ1) is 6.56. The lowest BCUT2D eigenvalue weighted by Crippen LogP contribution is -2.12. The first-order valence-electron chi connectivity index (χ1n) is 5.49. The van der Waals surface area contributed by atoms with Crippen molar-refractivity contribution >= 4 is 5.71 Å². The summed E-state index contributed by atoms with van der Waals surface area (Å²) in [6.45, 7) is 12.6. The van der Waals surface area contributed by atoms with Gasteiger partial charge in [-0.05, 0) is 32.3 Å². The van der Waals surface area contributed by atoms with Gasteiger partial charge in [0.2, 0.25) is 0 Å². The summed E-state index contributed by atoms with van der Waals surface area (Å²) in [5.74, 6) is 0.641. The van der Waals surface area contributed by atoms with Crippen LogP contribution in [0, 0.1) is 5.92 Å². The van der Waals surface area contributed by atoms with Crippen LogP contribution in [0.4, 0.5) is 0 Å². The van der Waals surface area contributed by atoms with Crippen molar-refractivity contribution in [2.24, 2.45) is 10.9 Å². The molecule has 0 aliphatic heterocycles. The molecule has 0 heterocycles. The van der Waals surface area contributed by atoms with E-state index in [1.54, 1.807) is 0 Å². The Morgan fingerprint density at radius 2 is 2.00 bits per heavy atom. The van der Waals surface area contributed by atoms with Crippen LogP contribution in [-0.4, -0.2) is 18.8 Å². The van der Waals surface area contributed by atoms with E-state index in [9.17, 15) is 0 Å². The fourth-order valence-corrected chi connectivity index (χ4v) is 1.06. The third-order valence-corrected chi connectivity index (χ3v) is 1.79. The third-order valence-electron chi connectivity index (χ3n) is 1.79. The smallest absolute Gasteiger partial charge is 0.0415 e. The molecule has 0 aliphatic rings. The van der Waals surface area contributed by atoms with E-state index in [2.05, 4.69) is 51.0 Å². The van der Waals surface area contributed by atoms with E-state index < -0.39 is 0 Å². The lowest BCUT2D eigenvalue weighted by molar-refractivity contribution is 0.665. The largest absolute Gasteiger partial charge is 0.389 e. The van der Waals surface area contributed by atoms with E-state index in [4.69, 9.17) is 0 Å². The first-order valence-corrected chi connectivity index (χ1v) is 5.49. The minimum Gasteiger partial charge on any atom is -0.389 e. The molecule has 0 atom stereocenters. The maximum Gasteiger partial charge on any atom is 0.0415 e. The lowest BCUT2D eigenvalue weighted by Gasteiger charge is -2.04. The molecular formula is C12H24N2. The maximum atomic E-state index is 4.47. The second-order valence-corrected chi connectivity index (χ2v) is 4.13. The number of allylic oxidation sites excluding steroid dienone is 2. The van der Waals surface area contributed by atoms with Crippen molar-refractivity contribution in [3.8, 4) is 0 Å². The summed E-state index contributed by atoms with van der Waals surface area (Å²) in [5, 5.41) is 3.33. The standard InChI is InChI=1S/C12H24N2/c1-6-7-13-11(4)8-12(5)14-9-10(2)3/h8,10,13H,6-7,9H2,1-5H3/b11-8-,14-12-. The van der Waals surface area contributed by atoms with Crippen LogP contribution in [-0.2, 0) is 0 Å². The fourth-order valence-electron chi connectivity index (χ4n) is 1.06. The monoisotopic (exact) mass is 196 g/mol. The summed E-state index contributed by atoms with van der Waals surface area (Å²) in [5.41, 5.74) is 2.32. The highest BCUT2D eigenvalue weighted by molar-refractivity contribution is 5.93. The molecule has 0 aromatic heterocycles. The van der Waals surface area contributed by atoms with Gasteiger partial charge in [0.1, 0.15) is 0 Å². The van der Waals surface area contributed by atoms with Crippen LogP contribution < -0.4 is 5.32 Å². The molecule has 0 bridgehead atoms. The van der Waals surface area contributed by atoms with Crippen LogP contribution in [0.1, 0.15) is 41.0 Å². The van der Waals surface area contributed by atoms with Crippen molar-refractivity contribution in [3.05, 3.63) is 11.8 Å². The molecule has 0 saturated heterocycles. The van der Waals surface area contributed by atoms with Crippen molar-refractivity contribution in [1.82, 2.24) is 5.32 Å². The average Bonchev–Trinajstić information content (AvgIpc) is 2.11. The molecule has 0 fully saturated rings. The molecule has 0 saturated carbocycles. The molecule has 14 heavy (non-hydrogen) atoms. The zero-order valence-electron chi connectivity index (χ0n) is 10.2. The third kappa shape index (κ3) is 7.84. The number of hydrogen-bond acceptors (Lipinski definition) is 2. The van der Waals surface area contributed by atoms with E-state index in [-0.39, 0.29) is 0 Å². The lowest BCUT2D eigenvalue weighted by atomic mass is 10.2. The highest BCUT2D eigenvalue weighted by atomic mass is 14.9. The molecule has 2 nitrogen and oxygen atoms in total. The van der Waals surface area contributed by atoms with Crippen LogP contribution in [0.25, 0.3) is 0 Å². The quantitative estimate of drug-likeness (QED) is 0.649. The van der Waals surface area contributed by atoms with Crippen LogP contribution in [0.2, 0.25) is 0 Å². The van der Waals surface area contributed by atoms with Crippen molar-refractivity contribution in [2.75, 3.05) is 13.1 Å². The molecular weight excluding hydrogens is 172 g/mol. The Morgan fingerprint density at radius 1 is 1.36 bits per heavy atom. The minimum absolute atomic E-state index is 0.641. The normalized spacial score (nSPS) is 13.6. The molecule has 0 amide bonds. The van der Waals surface area contributed by atoms with Gasteiger partial charge in [0.15, 0.2) is 0 Å². The molecule has 0 aromatic rings. The van der Waals surface area contributed by atoms with Gasteiger partial charge in [-0.1, -0.05) is 20.8 Å². The minimum atomic E-state index is 0.641. The van der Waals surface area contributed by atoms with Gasteiger partial charge in [-0.3, -0.25) is 4.99 Å². The van der Waals surface area contributed by atoms with Gasteiger partial charge in [-0.15, -0.1) is 0 Å². The highest BCUT2D eigenvalue weighted by Gasteiger charge is 1.92. The molecule has 0 radical (unpaired) electrons. The van der Waals surface area contributed by atoms with E-state index in [0.717, 1.165) is 25.2 Å². The zero-order valence-corrected chi connectivity index (χ0v) is 10.2. The molecule has 2 heteroatoms. The molecule has 82 valence electrons. The van der Waals surface area contributed by atoms with Crippen molar-refractivity contribution in [2.45, 2.75) is 41.0 Å². The summed E-state index contributed by atoms with van der Waals surface area (Å²) in [7, 11) is 0. The molecule has 0 unspecified atom stereocenters. The van der Waals surface area contributed by atoms with E-state index >= 15 is 0 Å². The fraction of sp³-hybridized carbons (Fsp3) is 0.750. The number of rotatable bonds is 6. The molecule has 0 rings (SSSR count). The number of aliphatic imine (C=N–C) groups is 1. The van der Waals surface area contributed by atoms with E-state index in [0.29, 0.717) is 5.92 Å². The summed E-state index contributed by atoms with van der Waals surface area (Å²) in [6, 6.07) is 0. The van der Waals surface area contributed by atoms with Crippen LogP contribution >= 0.6 is 0 Å². The molecule has 0 spiro atoms. The van der Waals surface area contributed by atoms with E-state index in [1.807, 2.05) is 0 Å². The molecule has 0 aliphatic carbocycles. The highest BCUT2D eigenvalue weighted by Crippen LogP contribution is 1.95. The predicted molar refractivity (Wildman–Crippen MR) is 64.9 cm³/mol. The summed E-state index contributed by atoms with van der Waals surface area (Å²) < 4.78 is 0. The van der Waals surface area contributed by atoms with Gasteiger partial charge < -0.3 is 5.32 Å². The Bertz CT molecular complexity index is 202.